The molecule has 0 saturated carbocycles. The topological polar surface area (TPSA) is 67.9 Å². The van der Waals surface area contributed by atoms with E-state index in [9.17, 15) is 9.59 Å². The number of carbonyl (C=O) groups excluding carboxylic acids is 2. The van der Waals surface area contributed by atoms with Crippen molar-refractivity contribution < 1.29 is 19.1 Å². The predicted molar refractivity (Wildman–Crippen MR) is 110 cm³/mol. The molecule has 1 aliphatic heterocycles. The highest BCUT2D eigenvalue weighted by atomic mass is 32.1. The first-order valence-electron chi connectivity index (χ1n) is 8.43. The van der Waals surface area contributed by atoms with Gasteiger partial charge < -0.3 is 9.47 Å². The van der Waals surface area contributed by atoms with Gasteiger partial charge >= 0.3 is 0 Å². The number of hydrogen-bond donors (Lipinski definition) is 1. The fourth-order valence-electron chi connectivity index (χ4n) is 2.60. The number of nitrogens with zero attached hydrogens (tertiary/aromatic N) is 1. The van der Waals surface area contributed by atoms with Gasteiger partial charge in [-0.3, -0.25) is 19.8 Å². The molecule has 2 aromatic rings. The Balaban J connectivity index is 1.84. The average Bonchev–Trinajstić information content (AvgIpc) is 2.69. The van der Waals surface area contributed by atoms with E-state index in [1.807, 2.05) is 0 Å². The zero-order valence-electron chi connectivity index (χ0n) is 15.2. The lowest BCUT2D eigenvalue weighted by atomic mass is 10.1. The van der Waals surface area contributed by atoms with Crippen LogP contribution in [0.4, 0.5) is 0 Å². The summed E-state index contributed by atoms with van der Waals surface area (Å²) in [5.41, 5.74) is 0.646. The van der Waals surface area contributed by atoms with E-state index in [1.165, 1.54) is 11.0 Å². The van der Waals surface area contributed by atoms with E-state index >= 15 is 0 Å². The molecule has 28 heavy (non-hydrogen) atoms. The highest BCUT2D eigenvalue weighted by Crippen LogP contribution is 2.25. The quantitative estimate of drug-likeness (QED) is 0.352. The lowest BCUT2D eigenvalue weighted by Gasteiger charge is -2.27. The van der Waals surface area contributed by atoms with Crippen molar-refractivity contribution in [1.82, 2.24) is 10.2 Å². The SMILES string of the molecule is C=CCN1C(=O)/C(=C/c2cccc(Oc3ccc(OC)cc3)c2)C(=O)NC1=S. The zero-order valence-corrected chi connectivity index (χ0v) is 16.0. The maximum Gasteiger partial charge on any atom is 0.265 e. The smallest absolute Gasteiger partial charge is 0.265 e. The van der Waals surface area contributed by atoms with Crippen LogP contribution in [0.1, 0.15) is 5.56 Å². The molecule has 1 saturated heterocycles. The van der Waals surface area contributed by atoms with Gasteiger partial charge in [-0.1, -0.05) is 18.2 Å². The largest absolute Gasteiger partial charge is 0.497 e. The molecular weight excluding hydrogens is 376 g/mol. The minimum absolute atomic E-state index is 0.00273. The molecule has 0 unspecified atom stereocenters. The van der Waals surface area contributed by atoms with Crippen molar-refractivity contribution in [1.29, 1.82) is 0 Å². The van der Waals surface area contributed by atoms with E-state index in [4.69, 9.17) is 21.7 Å². The minimum atomic E-state index is -0.531. The highest BCUT2D eigenvalue weighted by molar-refractivity contribution is 7.80. The lowest BCUT2D eigenvalue weighted by Crippen LogP contribution is -2.53. The van der Waals surface area contributed by atoms with Gasteiger partial charge in [0.2, 0.25) is 0 Å². The van der Waals surface area contributed by atoms with Crippen LogP contribution in [-0.2, 0) is 9.59 Å². The second-order valence-electron chi connectivity index (χ2n) is 5.87. The number of benzene rings is 2. The van der Waals surface area contributed by atoms with Crippen molar-refractivity contribution in [3.05, 3.63) is 72.3 Å². The van der Waals surface area contributed by atoms with Gasteiger partial charge in [0.25, 0.3) is 11.8 Å². The Kier molecular flexibility index (Phi) is 5.86. The Morgan fingerprint density at radius 3 is 2.50 bits per heavy atom. The predicted octanol–water partition coefficient (Wildman–Crippen LogP) is 3.30. The summed E-state index contributed by atoms with van der Waals surface area (Å²) in [4.78, 5) is 26.1. The second-order valence-corrected chi connectivity index (χ2v) is 6.26. The third-order valence-electron chi connectivity index (χ3n) is 3.96. The van der Waals surface area contributed by atoms with Gasteiger partial charge in [0.15, 0.2) is 5.11 Å². The standard InChI is InChI=1S/C21H18N2O4S/c1-3-11-23-20(25)18(19(24)22-21(23)28)13-14-5-4-6-17(12-14)27-16-9-7-15(26-2)8-10-16/h3-10,12-13H,1,11H2,2H3,(H,22,24,28)/b18-13+. The second kappa shape index (κ2) is 8.49. The Morgan fingerprint density at radius 1 is 1.11 bits per heavy atom. The van der Waals surface area contributed by atoms with Crippen molar-refractivity contribution in [3.63, 3.8) is 0 Å². The average molecular weight is 394 g/mol. The molecule has 142 valence electrons. The monoisotopic (exact) mass is 394 g/mol. The summed E-state index contributed by atoms with van der Waals surface area (Å²) in [5, 5.41) is 2.59. The molecule has 1 heterocycles. The summed E-state index contributed by atoms with van der Waals surface area (Å²) in [6.07, 6.45) is 3.05. The maximum atomic E-state index is 12.6. The molecule has 2 amide bonds. The van der Waals surface area contributed by atoms with E-state index < -0.39 is 11.8 Å². The van der Waals surface area contributed by atoms with Gasteiger partial charge in [0.1, 0.15) is 22.8 Å². The van der Waals surface area contributed by atoms with Crippen LogP contribution in [0.25, 0.3) is 6.08 Å². The molecule has 0 aromatic heterocycles. The third kappa shape index (κ3) is 4.27. The number of thiocarbonyl (C=S) groups is 1. The van der Waals surface area contributed by atoms with Crippen LogP contribution in [0.5, 0.6) is 17.2 Å². The van der Waals surface area contributed by atoms with Crippen molar-refractivity contribution in [3.8, 4) is 17.2 Å². The molecule has 1 fully saturated rings. The first-order valence-corrected chi connectivity index (χ1v) is 8.84. The van der Waals surface area contributed by atoms with E-state index in [0.29, 0.717) is 17.1 Å². The molecule has 3 rings (SSSR count). The summed E-state index contributed by atoms with van der Waals surface area (Å²) < 4.78 is 10.9. The van der Waals surface area contributed by atoms with Crippen molar-refractivity contribution >= 4 is 35.2 Å². The van der Waals surface area contributed by atoms with Crippen LogP contribution in [0.2, 0.25) is 0 Å². The van der Waals surface area contributed by atoms with Gasteiger partial charge in [0, 0.05) is 6.54 Å². The van der Waals surface area contributed by atoms with Crippen LogP contribution in [0.3, 0.4) is 0 Å². The van der Waals surface area contributed by atoms with Crippen LogP contribution in [-0.4, -0.2) is 35.5 Å². The molecule has 7 heteroatoms. The van der Waals surface area contributed by atoms with Gasteiger partial charge in [-0.15, -0.1) is 6.58 Å². The van der Waals surface area contributed by atoms with Gasteiger partial charge in [-0.05, 0) is 60.3 Å². The van der Waals surface area contributed by atoms with Gasteiger partial charge in [0.05, 0.1) is 7.11 Å². The zero-order chi connectivity index (χ0) is 20.1. The molecular formula is C21H18N2O4S. The first-order chi connectivity index (χ1) is 13.5. The number of nitrogens with one attached hydrogen (secondary N) is 1. The molecule has 1 aliphatic rings. The maximum absolute atomic E-state index is 12.6. The number of methoxy groups -OCH3 is 1. The summed E-state index contributed by atoms with van der Waals surface area (Å²) in [6.45, 7) is 3.82. The van der Waals surface area contributed by atoms with Crippen molar-refractivity contribution in [2.75, 3.05) is 13.7 Å². The number of hydrogen-bond acceptors (Lipinski definition) is 5. The molecule has 0 atom stereocenters. The number of rotatable bonds is 6. The normalized spacial score (nSPS) is 15.4. The summed E-state index contributed by atoms with van der Waals surface area (Å²) >= 11 is 5.05. The van der Waals surface area contributed by atoms with Crippen LogP contribution < -0.4 is 14.8 Å². The van der Waals surface area contributed by atoms with Crippen LogP contribution in [0.15, 0.2) is 66.8 Å². The molecule has 2 aromatic carbocycles. The molecule has 0 bridgehead atoms. The number of carbonyl (C=O) groups is 2. The van der Waals surface area contributed by atoms with Crippen molar-refractivity contribution in [2.24, 2.45) is 0 Å². The van der Waals surface area contributed by atoms with E-state index in [1.54, 1.807) is 61.7 Å². The Bertz CT molecular complexity index is 967. The van der Waals surface area contributed by atoms with Gasteiger partial charge in [-0.2, -0.15) is 0 Å². The van der Waals surface area contributed by atoms with Crippen LogP contribution in [0, 0.1) is 0 Å². The first kappa shape index (κ1) is 19.3. The van der Waals surface area contributed by atoms with Gasteiger partial charge in [-0.25, -0.2) is 0 Å². The summed E-state index contributed by atoms with van der Waals surface area (Å²) in [5.74, 6) is 0.947. The van der Waals surface area contributed by atoms with E-state index in [-0.39, 0.29) is 17.2 Å². The third-order valence-corrected chi connectivity index (χ3v) is 4.28. The fraction of sp³-hybridized carbons (Fsp3) is 0.0952. The minimum Gasteiger partial charge on any atom is -0.497 e. The molecule has 0 radical (unpaired) electrons. The summed E-state index contributed by atoms with van der Waals surface area (Å²) in [7, 11) is 1.60. The highest BCUT2D eigenvalue weighted by Gasteiger charge is 2.32. The Hall–Kier alpha value is -3.45. The van der Waals surface area contributed by atoms with Crippen LogP contribution >= 0.6 is 12.2 Å². The number of amides is 2. The van der Waals surface area contributed by atoms with E-state index in [0.717, 1.165) is 5.75 Å². The molecule has 0 spiro atoms. The lowest BCUT2D eigenvalue weighted by molar-refractivity contribution is -0.128. The van der Waals surface area contributed by atoms with E-state index in [2.05, 4.69) is 11.9 Å². The molecule has 1 N–H and O–H groups in total. The summed E-state index contributed by atoms with van der Waals surface area (Å²) in [6, 6.07) is 14.2. The number of ether oxygens (including phenoxy) is 2. The Labute approximate surface area is 168 Å². The van der Waals surface area contributed by atoms with Crippen molar-refractivity contribution in [2.45, 2.75) is 0 Å². The Morgan fingerprint density at radius 2 is 1.82 bits per heavy atom. The fourth-order valence-corrected chi connectivity index (χ4v) is 2.85. The molecule has 0 aliphatic carbocycles. The molecule has 6 nitrogen and oxygen atoms in total.